The maximum Gasteiger partial charge on any atom is 0.251 e. The molecule has 0 saturated heterocycles. The van der Waals surface area contributed by atoms with E-state index in [0.29, 0.717) is 0 Å². The van der Waals surface area contributed by atoms with Gasteiger partial charge in [-0.05, 0) is 44.2 Å². The molecule has 0 saturated carbocycles. The molecule has 0 atom stereocenters. The first-order chi connectivity index (χ1) is 6.77. The molecule has 0 bridgehead atoms. The Balaban J connectivity index is 2.40. The Morgan fingerprint density at radius 1 is 1.14 bits per heavy atom. The molecule has 0 aliphatic heterocycles. The normalized spacial score (nSPS) is 16.9. The minimum absolute atomic E-state index is 0.0873. The molecule has 2 rings (SSSR count). The predicted octanol–water partition coefficient (Wildman–Crippen LogP) is 2.34. The van der Waals surface area contributed by atoms with Crippen molar-refractivity contribution in [2.75, 3.05) is 0 Å². The Labute approximate surface area is 84.4 Å². The summed E-state index contributed by atoms with van der Waals surface area (Å²) in [5.74, 6) is 0. The number of pyridine rings is 1. The number of hydrogen-bond acceptors (Lipinski definition) is 1. The van der Waals surface area contributed by atoms with E-state index in [9.17, 15) is 4.79 Å². The van der Waals surface area contributed by atoms with Gasteiger partial charge >= 0.3 is 0 Å². The molecule has 76 valence electrons. The number of H-pyrrole nitrogens is 1. The lowest BCUT2D eigenvalue weighted by atomic mass is 9.96. The van der Waals surface area contributed by atoms with Crippen LogP contribution in [0.15, 0.2) is 10.9 Å². The summed E-state index contributed by atoms with van der Waals surface area (Å²) in [6.07, 6.45) is 7.29. The van der Waals surface area contributed by atoms with Crippen molar-refractivity contribution >= 4 is 0 Å². The highest BCUT2D eigenvalue weighted by atomic mass is 16.1. The third-order valence-corrected chi connectivity index (χ3v) is 3.02. The van der Waals surface area contributed by atoms with Gasteiger partial charge in [0, 0.05) is 11.3 Å². The van der Waals surface area contributed by atoms with Crippen LogP contribution in [0.5, 0.6) is 0 Å². The number of hydrogen-bond donors (Lipinski definition) is 1. The highest BCUT2D eigenvalue weighted by Gasteiger charge is 2.08. The SMILES string of the molecule is Cc1cc2c([nH]c1=O)CCCCCC2. The van der Waals surface area contributed by atoms with Crippen molar-refractivity contribution in [2.45, 2.75) is 45.4 Å². The van der Waals surface area contributed by atoms with Crippen LogP contribution in [0, 0.1) is 6.92 Å². The largest absolute Gasteiger partial charge is 0.326 e. The van der Waals surface area contributed by atoms with Crippen LogP contribution in [0.25, 0.3) is 0 Å². The minimum Gasteiger partial charge on any atom is -0.326 e. The van der Waals surface area contributed by atoms with Gasteiger partial charge in [0.05, 0.1) is 0 Å². The van der Waals surface area contributed by atoms with Crippen molar-refractivity contribution < 1.29 is 0 Å². The van der Waals surface area contributed by atoms with E-state index in [1.165, 1.54) is 36.9 Å². The molecule has 0 amide bonds. The zero-order valence-electron chi connectivity index (χ0n) is 8.73. The molecule has 1 aliphatic carbocycles. The van der Waals surface area contributed by atoms with Gasteiger partial charge in [-0.25, -0.2) is 0 Å². The zero-order chi connectivity index (χ0) is 9.97. The molecule has 0 aromatic carbocycles. The molecule has 1 N–H and O–H groups in total. The van der Waals surface area contributed by atoms with Gasteiger partial charge in [0.2, 0.25) is 0 Å². The number of aryl methyl sites for hydroxylation is 3. The number of rotatable bonds is 0. The smallest absolute Gasteiger partial charge is 0.251 e. The maximum absolute atomic E-state index is 11.4. The van der Waals surface area contributed by atoms with Crippen molar-refractivity contribution in [2.24, 2.45) is 0 Å². The van der Waals surface area contributed by atoms with E-state index in [4.69, 9.17) is 0 Å². The van der Waals surface area contributed by atoms with Crippen molar-refractivity contribution in [3.05, 3.63) is 33.2 Å². The molecule has 1 aliphatic rings. The number of aromatic nitrogens is 1. The maximum atomic E-state index is 11.4. The summed E-state index contributed by atoms with van der Waals surface area (Å²) in [5, 5.41) is 0. The van der Waals surface area contributed by atoms with Crippen molar-refractivity contribution in [3.8, 4) is 0 Å². The van der Waals surface area contributed by atoms with E-state index in [1.54, 1.807) is 0 Å². The van der Waals surface area contributed by atoms with Crippen molar-refractivity contribution in [3.63, 3.8) is 0 Å². The second-order valence-electron chi connectivity index (χ2n) is 4.20. The highest BCUT2D eigenvalue weighted by molar-refractivity contribution is 5.25. The molecule has 1 heterocycles. The summed E-state index contributed by atoms with van der Waals surface area (Å²) >= 11 is 0. The molecule has 0 fully saturated rings. The van der Waals surface area contributed by atoms with Crippen LogP contribution in [-0.4, -0.2) is 4.98 Å². The van der Waals surface area contributed by atoms with Gasteiger partial charge in [0.15, 0.2) is 0 Å². The Morgan fingerprint density at radius 2 is 1.86 bits per heavy atom. The molecule has 1 aromatic heterocycles. The van der Waals surface area contributed by atoms with Crippen LogP contribution in [0.3, 0.4) is 0 Å². The molecular weight excluding hydrogens is 174 g/mol. The van der Waals surface area contributed by atoms with E-state index >= 15 is 0 Å². The average Bonchev–Trinajstić information content (AvgIpc) is 2.13. The fourth-order valence-corrected chi connectivity index (χ4v) is 2.15. The second kappa shape index (κ2) is 3.99. The molecule has 2 heteroatoms. The van der Waals surface area contributed by atoms with Gasteiger partial charge in [0.25, 0.3) is 5.56 Å². The van der Waals surface area contributed by atoms with Gasteiger partial charge in [-0.3, -0.25) is 4.79 Å². The van der Waals surface area contributed by atoms with Crippen LogP contribution in [0.1, 0.15) is 42.5 Å². The van der Waals surface area contributed by atoms with E-state index in [2.05, 4.69) is 11.1 Å². The zero-order valence-corrected chi connectivity index (χ0v) is 8.73. The summed E-state index contributed by atoms with van der Waals surface area (Å²) in [7, 11) is 0. The fraction of sp³-hybridized carbons (Fsp3) is 0.583. The average molecular weight is 191 g/mol. The van der Waals surface area contributed by atoms with Gasteiger partial charge < -0.3 is 4.98 Å². The first-order valence-electron chi connectivity index (χ1n) is 5.49. The quantitative estimate of drug-likeness (QED) is 0.670. The topological polar surface area (TPSA) is 32.9 Å². The van der Waals surface area contributed by atoms with Crippen LogP contribution >= 0.6 is 0 Å². The van der Waals surface area contributed by atoms with E-state index in [-0.39, 0.29) is 5.56 Å². The third kappa shape index (κ3) is 1.89. The third-order valence-electron chi connectivity index (χ3n) is 3.02. The summed E-state index contributed by atoms with van der Waals surface area (Å²) in [6, 6.07) is 2.07. The molecular formula is C12H17NO. The molecule has 14 heavy (non-hydrogen) atoms. The standard InChI is InChI=1S/C12H17NO/c1-9-8-10-6-4-2-3-5-7-11(10)13-12(9)14/h8H,2-7H2,1H3,(H,13,14). The summed E-state index contributed by atoms with van der Waals surface area (Å²) in [5.41, 5.74) is 3.48. The molecule has 2 nitrogen and oxygen atoms in total. The molecule has 0 radical (unpaired) electrons. The summed E-state index contributed by atoms with van der Waals surface area (Å²) < 4.78 is 0. The van der Waals surface area contributed by atoms with Crippen molar-refractivity contribution in [1.82, 2.24) is 4.98 Å². The Kier molecular flexibility index (Phi) is 2.71. The summed E-state index contributed by atoms with van der Waals surface area (Å²) in [4.78, 5) is 14.4. The van der Waals surface area contributed by atoms with Crippen LogP contribution < -0.4 is 5.56 Å². The van der Waals surface area contributed by atoms with Gasteiger partial charge in [-0.2, -0.15) is 0 Å². The lowest BCUT2D eigenvalue weighted by molar-refractivity contribution is 0.607. The molecule has 1 aromatic rings. The van der Waals surface area contributed by atoms with E-state index in [1.807, 2.05) is 6.92 Å². The Morgan fingerprint density at radius 3 is 2.64 bits per heavy atom. The highest BCUT2D eigenvalue weighted by Crippen LogP contribution is 2.17. The van der Waals surface area contributed by atoms with Crippen LogP contribution in [0.2, 0.25) is 0 Å². The molecule has 0 spiro atoms. The second-order valence-corrected chi connectivity index (χ2v) is 4.20. The van der Waals surface area contributed by atoms with Crippen LogP contribution in [-0.2, 0) is 12.8 Å². The minimum atomic E-state index is 0.0873. The van der Waals surface area contributed by atoms with E-state index in [0.717, 1.165) is 18.4 Å². The van der Waals surface area contributed by atoms with Crippen molar-refractivity contribution in [1.29, 1.82) is 0 Å². The fourth-order valence-electron chi connectivity index (χ4n) is 2.15. The molecule has 0 unspecified atom stereocenters. The van der Waals surface area contributed by atoms with Gasteiger partial charge in [0.1, 0.15) is 0 Å². The monoisotopic (exact) mass is 191 g/mol. The first-order valence-corrected chi connectivity index (χ1v) is 5.49. The summed E-state index contributed by atoms with van der Waals surface area (Å²) in [6.45, 7) is 1.89. The Hall–Kier alpha value is -1.05. The van der Waals surface area contributed by atoms with Gasteiger partial charge in [-0.15, -0.1) is 0 Å². The van der Waals surface area contributed by atoms with Crippen LogP contribution in [0.4, 0.5) is 0 Å². The van der Waals surface area contributed by atoms with E-state index < -0.39 is 0 Å². The first kappa shape index (κ1) is 9.50. The number of nitrogens with one attached hydrogen (secondary N) is 1. The lowest BCUT2D eigenvalue weighted by Crippen LogP contribution is -2.15. The predicted molar refractivity (Wildman–Crippen MR) is 57.7 cm³/mol. The Bertz CT molecular complexity index is 378. The van der Waals surface area contributed by atoms with Gasteiger partial charge in [-0.1, -0.05) is 12.8 Å². The number of aromatic amines is 1. The lowest BCUT2D eigenvalue weighted by Gasteiger charge is -2.13. The number of fused-ring (bicyclic) bond motifs is 1.